The maximum Gasteiger partial charge on any atom is 0.240 e. The Morgan fingerprint density at radius 2 is 2.04 bits per heavy atom. The maximum atomic E-state index is 11.9. The highest BCUT2D eigenvalue weighted by Crippen LogP contribution is 2.27. The SMILES string of the molecule is COc1ccc(/C=N/NC(=O)CCc2ccccc2)cc1OCn1cccn1. The van der Waals surface area contributed by atoms with E-state index in [-0.39, 0.29) is 12.6 Å². The number of amides is 1. The van der Waals surface area contributed by atoms with E-state index in [9.17, 15) is 4.79 Å². The van der Waals surface area contributed by atoms with Crippen molar-refractivity contribution in [2.24, 2.45) is 5.10 Å². The van der Waals surface area contributed by atoms with Gasteiger partial charge in [0.2, 0.25) is 5.91 Å². The maximum absolute atomic E-state index is 11.9. The van der Waals surface area contributed by atoms with E-state index in [1.165, 1.54) is 0 Å². The summed E-state index contributed by atoms with van der Waals surface area (Å²) in [7, 11) is 1.58. The first kappa shape index (κ1) is 19.2. The molecule has 1 amide bonds. The minimum atomic E-state index is -0.135. The minimum Gasteiger partial charge on any atom is -0.493 e. The van der Waals surface area contributed by atoms with Crippen LogP contribution >= 0.6 is 0 Å². The van der Waals surface area contributed by atoms with Gasteiger partial charge in [-0.1, -0.05) is 30.3 Å². The first-order valence-electron chi connectivity index (χ1n) is 8.88. The average molecular weight is 378 g/mol. The Labute approximate surface area is 163 Å². The Balaban J connectivity index is 1.53. The van der Waals surface area contributed by atoms with Crippen LogP contribution in [0.4, 0.5) is 0 Å². The number of rotatable bonds is 9. The molecule has 144 valence electrons. The number of hydrazone groups is 1. The highest BCUT2D eigenvalue weighted by molar-refractivity contribution is 5.83. The Kier molecular flexibility index (Phi) is 6.78. The van der Waals surface area contributed by atoms with Gasteiger partial charge < -0.3 is 9.47 Å². The van der Waals surface area contributed by atoms with Crippen LogP contribution in [-0.2, 0) is 17.9 Å². The highest BCUT2D eigenvalue weighted by Gasteiger charge is 2.06. The zero-order chi connectivity index (χ0) is 19.6. The number of hydrogen-bond acceptors (Lipinski definition) is 5. The molecule has 0 spiro atoms. The van der Waals surface area contributed by atoms with Gasteiger partial charge in [0.25, 0.3) is 0 Å². The molecule has 1 heterocycles. The van der Waals surface area contributed by atoms with Gasteiger partial charge >= 0.3 is 0 Å². The van der Waals surface area contributed by atoms with Crippen LogP contribution in [0, 0.1) is 0 Å². The van der Waals surface area contributed by atoms with E-state index < -0.39 is 0 Å². The molecule has 0 fully saturated rings. The molecule has 0 radical (unpaired) electrons. The lowest BCUT2D eigenvalue weighted by atomic mass is 10.1. The van der Waals surface area contributed by atoms with Crippen LogP contribution in [0.1, 0.15) is 17.5 Å². The standard InChI is InChI=1S/C21H22N4O3/c1-27-19-10-8-18(14-20(19)28-16-25-13-5-12-23-25)15-22-24-21(26)11-9-17-6-3-2-4-7-17/h2-8,10,12-15H,9,11,16H2,1H3,(H,24,26)/b22-15+. The summed E-state index contributed by atoms with van der Waals surface area (Å²) >= 11 is 0. The molecule has 0 bridgehead atoms. The third-order valence-corrected chi connectivity index (χ3v) is 3.99. The van der Waals surface area contributed by atoms with Crippen LogP contribution in [0.15, 0.2) is 72.1 Å². The van der Waals surface area contributed by atoms with E-state index >= 15 is 0 Å². The molecule has 0 aliphatic rings. The van der Waals surface area contributed by atoms with E-state index in [2.05, 4.69) is 15.6 Å². The van der Waals surface area contributed by atoms with Gasteiger partial charge in [-0.25, -0.2) is 10.1 Å². The van der Waals surface area contributed by atoms with Crippen LogP contribution in [-0.4, -0.2) is 29.0 Å². The fourth-order valence-electron chi connectivity index (χ4n) is 2.54. The van der Waals surface area contributed by atoms with Gasteiger partial charge in [-0.2, -0.15) is 10.2 Å². The monoisotopic (exact) mass is 378 g/mol. The van der Waals surface area contributed by atoms with Crippen molar-refractivity contribution in [2.45, 2.75) is 19.6 Å². The van der Waals surface area contributed by atoms with Crippen molar-refractivity contribution in [3.05, 3.63) is 78.1 Å². The van der Waals surface area contributed by atoms with E-state index in [1.807, 2.05) is 48.7 Å². The van der Waals surface area contributed by atoms with Crippen molar-refractivity contribution in [2.75, 3.05) is 7.11 Å². The second-order valence-electron chi connectivity index (χ2n) is 6.01. The molecule has 0 aliphatic carbocycles. The fourth-order valence-corrected chi connectivity index (χ4v) is 2.54. The molecule has 7 nitrogen and oxygen atoms in total. The second kappa shape index (κ2) is 9.91. The summed E-state index contributed by atoms with van der Waals surface area (Å²) in [6.45, 7) is 0.264. The van der Waals surface area contributed by atoms with Gasteiger partial charge in [-0.05, 0) is 41.8 Å². The van der Waals surface area contributed by atoms with Crippen molar-refractivity contribution in [3.63, 3.8) is 0 Å². The molecule has 1 aromatic heterocycles. The number of ether oxygens (including phenoxy) is 2. The van der Waals surface area contributed by atoms with E-state index in [0.717, 1.165) is 11.1 Å². The Hall–Kier alpha value is -3.61. The van der Waals surface area contributed by atoms with Gasteiger partial charge in [0, 0.05) is 18.8 Å². The average Bonchev–Trinajstić information content (AvgIpc) is 3.25. The summed E-state index contributed by atoms with van der Waals surface area (Å²) in [6.07, 6.45) is 6.12. The molecule has 2 aromatic carbocycles. The summed E-state index contributed by atoms with van der Waals surface area (Å²) in [4.78, 5) is 11.9. The largest absolute Gasteiger partial charge is 0.493 e. The zero-order valence-electron chi connectivity index (χ0n) is 15.6. The van der Waals surface area contributed by atoms with Crippen LogP contribution in [0.5, 0.6) is 11.5 Å². The minimum absolute atomic E-state index is 0.135. The quantitative estimate of drug-likeness (QED) is 0.459. The Morgan fingerprint density at radius 1 is 1.18 bits per heavy atom. The van der Waals surface area contributed by atoms with Crippen LogP contribution < -0.4 is 14.9 Å². The van der Waals surface area contributed by atoms with Crippen molar-refractivity contribution >= 4 is 12.1 Å². The summed E-state index contributed by atoms with van der Waals surface area (Å²) in [6, 6.07) is 17.1. The third kappa shape index (κ3) is 5.70. The Bertz CT molecular complexity index is 909. The lowest BCUT2D eigenvalue weighted by molar-refractivity contribution is -0.121. The molecular formula is C21H22N4O3. The van der Waals surface area contributed by atoms with Crippen molar-refractivity contribution in [1.82, 2.24) is 15.2 Å². The van der Waals surface area contributed by atoms with Gasteiger partial charge in [-0.15, -0.1) is 0 Å². The lowest BCUT2D eigenvalue weighted by Gasteiger charge is -2.11. The van der Waals surface area contributed by atoms with Crippen LogP contribution in [0.25, 0.3) is 0 Å². The zero-order valence-corrected chi connectivity index (χ0v) is 15.6. The molecule has 3 rings (SSSR count). The number of carbonyl (C=O) groups is 1. The number of methoxy groups -OCH3 is 1. The number of benzene rings is 2. The van der Waals surface area contributed by atoms with E-state index in [1.54, 1.807) is 36.3 Å². The molecule has 28 heavy (non-hydrogen) atoms. The number of nitrogens with zero attached hydrogens (tertiary/aromatic N) is 3. The molecule has 0 saturated carbocycles. The number of aromatic nitrogens is 2. The molecule has 0 atom stereocenters. The summed E-state index contributed by atoms with van der Waals surface area (Å²) < 4.78 is 12.7. The molecule has 3 aromatic rings. The number of hydrogen-bond donors (Lipinski definition) is 1. The van der Waals surface area contributed by atoms with Crippen molar-refractivity contribution in [3.8, 4) is 11.5 Å². The summed E-state index contributed by atoms with van der Waals surface area (Å²) in [5, 5.41) is 8.12. The fraction of sp³-hybridized carbons (Fsp3) is 0.190. The predicted molar refractivity (Wildman–Crippen MR) is 106 cm³/mol. The van der Waals surface area contributed by atoms with Gasteiger partial charge in [0.15, 0.2) is 18.2 Å². The first-order valence-corrected chi connectivity index (χ1v) is 8.88. The van der Waals surface area contributed by atoms with Crippen LogP contribution in [0.2, 0.25) is 0 Å². The molecule has 1 N–H and O–H groups in total. The molecule has 0 saturated heterocycles. The molecule has 7 heteroatoms. The molecular weight excluding hydrogens is 356 g/mol. The topological polar surface area (TPSA) is 77.7 Å². The van der Waals surface area contributed by atoms with Crippen LogP contribution in [0.3, 0.4) is 0 Å². The van der Waals surface area contributed by atoms with Gasteiger partial charge in [0.05, 0.1) is 13.3 Å². The Morgan fingerprint density at radius 3 is 2.79 bits per heavy atom. The third-order valence-electron chi connectivity index (χ3n) is 3.99. The lowest BCUT2D eigenvalue weighted by Crippen LogP contribution is -2.17. The number of aryl methyl sites for hydroxylation is 1. The van der Waals surface area contributed by atoms with Gasteiger partial charge in [0.1, 0.15) is 0 Å². The first-order chi connectivity index (χ1) is 13.7. The molecule has 0 unspecified atom stereocenters. The van der Waals surface area contributed by atoms with E-state index in [4.69, 9.17) is 9.47 Å². The van der Waals surface area contributed by atoms with Gasteiger partial charge in [-0.3, -0.25) is 4.79 Å². The number of carbonyl (C=O) groups excluding carboxylic acids is 1. The molecule has 0 aliphatic heterocycles. The van der Waals surface area contributed by atoms with Crippen molar-refractivity contribution < 1.29 is 14.3 Å². The second-order valence-corrected chi connectivity index (χ2v) is 6.01. The smallest absolute Gasteiger partial charge is 0.240 e. The number of nitrogens with one attached hydrogen (secondary N) is 1. The summed E-state index contributed by atoms with van der Waals surface area (Å²) in [5.41, 5.74) is 4.45. The normalized spacial score (nSPS) is 10.8. The van der Waals surface area contributed by atoms with E-state index in [0.29, 0.717) is 24.3 Å². The highest BCUT2D eigenvalue weighted by atomic mass is 16.5. The summed E-state index contributed by atoms with van der Waals surface area (Å²) in [5.74, 6) is 1.04. The van der Waals surface area contributed by atoms with Crippen molar-refractivity contribution in [1.29, 1.82) is 0 Å². The predicted octanol–water partition coefficient (Wildman–Crippen LogP) is 3.01.